The van der Waals surface area contributed by atoms with Crippen molar-refractivity contribution in [2.75, 3.05) is 24.5 Å². The zero-order chi connectivity index (χ0) is 14.5. The summed E-state index contributed by atoms with van der Waals surface area (Å²) in [7, 11) is 0. The van der Waals surface area contributed by atoms with Crippen molar-refractivity contribution < 1.29 is 0 Å². The zero-order valence-corrected chi connectivity index (χ0v) is 13.0. The quantitative estimate of drug-likeness (QED) is 0.787. The minimum Gasteiger partial charge on any atom is -0.368 e. The second kappa shape index (κ2) is 4.80. The molecule has 5 rings (SSSR count). The van der Waals surface area contributed by atoms with Crippen molar-refractivity contribution in [2.45, 2.75) is 6.04 Å². The van der Waals surface area contributed by atoms with Gasteiger partial charge in [0, 0.05) is 48.1 Å². The van der Waals surface area contributed by atoms with E-state index in [-0.39, 0.29) is 0 Å². The van der Waals surface area contributed by atoms with E-state index in [4.69, 9.17) is 0 Å². The second-order valence-corrected chi connectivity index (χ2v) is 7.23. The molecular formula is C18H17N3S. The SMILES string of the molecule is c1cc2cc(-c3cncc(N4C[C@H]5CN[C@H]5C4)c3)ccc2s1. The third kappa shape index (κ3) is 1.95. The summed E-state index contributed by atoms with van der Waals surface area (Å²) in [5, 5.41) is 6.97. The van der Waals surface area contributed by atoms with Crippen molar-refractivity contribution in [2.24, 2.45) is 5.92 Å². The molecule has 0 spiro atoms. The van der Waals surface area contributed by atoms with Crippen LogP contribution in [0.4, 0.5) is 5.69 Å². The average Bonchev–Trinajstić information content (AvgIpc) is 3.12. The first-order valence-corrected chi connectivity index (χ1v) is 8.66. The fraction of sp³-hybridized carbons (Fsp3) is 0.278. The maximum atomic E-state index is 4.48. The van der Waals surface area contributed by atoms with Crippen LogP contribution in [-0.4, -0.2) is 30.7 Å². The van der Waals surface area contributed by atoms with Crippen LogP contribution in [0.25, 0.3) is 21.2 Å². The lowest BCUT2D eigenvalue weighted by Gasteiger charge is -2.29. The Hall–Kier alpha value is -1.91. The van der Waals surface area contributed by atoms with Gasteiger partial charge in [-0.15, -0.1) is 11.3 Å². The van der Waals surface area contributed by atoms with Crippen LogP contribution in [0.5, 0.6) is 0 Å². The van der Waals surface area contributed by atoms with E-state index >= 15 is 0 Å². The normalized spacial score (nSPS) is 23.5. The Morgan fingerprint density at radius 2 is 2.09 bits per heavy atom. The lowest BCUT2D eigenvalue weighted by atomic mass is 9.96. The number of anilines is 1. The molecule has 2 saturated heterocycles. The van der Waals surface area contributed by atoms with Crippen molar-refractivity contribution in [1.29, 1.82) is 0 Å². The highest BCUT2D eigenvalue weighted by molar-refractivity contribution is 7.17. The Morgan fingerprint density at radius 1 is 1.09 bits per heavy atom. The first kappa shape index (κ1) is 12.6. The molecule has 4 heterocycles. The number of nitrogens with zero attached hydrogens (tertiary/aromatic N) is 2. The maximum absolute atomic E-state index is 4.48. The molecule has 0 aliphatic carbocycles. The van der Waals surface area contributed by atoms with Gasteiger partial charge in [0.15, 0.2) is 0 Å². The highest BCUT2D eigenvalue weighted by atomic mass is 32.1. The van der Waals surface area contributed by atoms with Gasteiger partial charge in [-0.1, -0.05) is 6.07 Å². The third-order valence-corrected chi connectivity index (χ3v) is 5.86. The third-order valence-electron chi connectivity index (χ3n) is 4.96. The molecule has 0 amide bonds. The minimum absolute atomic E-state index is 0.686. The predicted molar refractivity (Wildman–Crippen MR) is 92.5 cm³/mol. The number of fused-ring (bicyclic) bond motifs is 2. The Labute approximate surface area is 133 Å². The molecule has 110 valence electrons. The van der Waals surface area contributed by atoms with Crippen molar-refractivity contribution in [3.63, 3.8) is 0 Å². The standard InChI is InChI=1S/C18H17N3S/c1-2-18-13(3-4-22-18)5-12(1)14-6-16(9-19-7-14)21-10-15-8-20-17(15)11-21/h1-7,9,15,17,20H,8,10-11H2/t15-,17+/m1/s1. The number of nitrogens with one attached hydrogen (secondary N) is 1. The van der Waals surface area contributed by atoms with Gasteiger partial charge in [-0.3, -0.25) is 4.98 Å². The molecule has 0 unspecified atom stereocenters. The summed E-state index contributed by atoms with van der Waals surface area (Å²) >= 11 is 1.79. The fourth-order valence-corrected chi connectivity index (χ4v) is 4.34. The van der Waals surface area contributed by atoms with E-state index in [0.29, 0.717) is 6.04 Å². The summed E-state index contributed by atoms with van der Waals surface area (Å²) in [4.78, 5) is 6.95. The van der Waals surface area contributed by atoms with Gasteiger partial charge in [0.2, 0.25) is 0 Å². The molecule has 2 aliphatic rings. The van der Waals surface area contributed by atoms with E-state index < -0.39 is 0 Å². The van der Waals surface area contributed by atoms with Gasteiger partial charge in [0.05, 0.1) is 11.9 Å². The van der Waals surface area contributed by atoms with E-state index in [9.17, 15) is 0 Å². The van der Waals surface area contributed by atoms with Gasteiger partial charge in [0.1, 0.15) is 0 Å². The molecule has 2 fully saturated rings. The molecule has 2 atom stereocenters. The van der Waals surface area contributed by atoms with Crippen LogP contribution < -0.4 is 10.2 Å². The molecular weight excluding hydrogens is 290 g/mol. The van der Waals surface area contributed by atoms with E-state index in [2.05, 4.69) is 50.9 Å². The van der Waals surface area contributed by atoms with Crippen LogP contribution in [0.2, 0.25) is 0 Å². The number of aromatic nitrogens is 1. The molecule has 2 aromatic heterocycles. The van der Waals surface area contributed by atoms with E-state index in [1.54, 1.807) is 11.3 Å². The van der Waals surface area contributed by atoms with Gasteiger partial charge in [-0.2, -0.15) is 0 Å². The van der Waals surface area contributed by atoms with Crippen LogP contribution in [0.15, 0.2) is 48.1 Å². The van der Waals surface area contributed by atoms with E-state index in [1.807, 2.05) is 12.4 Å². The van der Waals surface area contributed by atoms with Crippen molar-refractivity contribution in [3.8, 4) is 11.1 Å². The lowest BCUT2D eigenvalue weighted by Crippen LogP contribution is -2.51. The summed E-state index contributed by atoms with van der Waals surface area (Å²) in [5.41, 5.74) is 3.71. The van der Waals surface area contributed by atoms with Gasteiger partial charge >= 0.3 is 0 Å². The van der Waals surface area contributed by atoms with Gasteiger partial charge in [0.25, 0.3) is 0 Å². The number of thiophene rings is 1. The van der Waals surface area contributed by atoms with Gasteiger partial charge in [-0.25, -0.2) is 0 Å². The molecule has 0 radical (unpaired) electrons. The summed E-state index contributed by atoms with van der Waals surface area (Å²) in [6.07, 6.45) is 3.97. The second-order valence-electron chi connectivity index (χ2n) is 6.28. The van der Waals surface area contributed by atoms with E-state index in [1.165, 1.54) is 33.4 Å². The Kier molecular flexibility index (Phi) is 2.75. The molecule has 1 N–H and O–H groups in total. The fourth-order valence-electron chi connectivity index (χ4n) is 3.57. The van der Waals surface area contributed by atoms with Crippen LogP contribution >= 0.6 is 11.3 Å². The topological polar surface area (TPSA) is 28.2 Å². The molecule has 3 aromatic rings. The monoisotopic (exact) mass is 307 g/mol. The van der Waals surface area contributed by atoms with Crippen molar-refractivity contribution in [1.82, 2.24) is 10.3 Å². The highest BCUT2D eigenvalue weighted by Gasteiger charge is 2.39. The Morgan fingerprint density at radius 3 is 2.91 bits per heavy atom. The molecule has 22 heavy (non-hydrogen) atoms. The number of hydrogen-bond donors (Lipinski definition) is 1. The highest BCUT2D eigenvalue weighted by Crippen LogP contribution is 2.32. The molecule has 3 nitrogen and oxygen atoms in total. The zero-order valence-electron chi connectivity index (χ0n) is 12.2. The smallest absolute Gasteiger partial charge is 0.0559 e. The summed E-state index contributed by atoms with van der Waals surface area (Å²) < 4.78 is 1.34. The Balaban J connectivity index is 1.50. The molecule has 2 aliphatic heterocycles. The van der Waals surface area contributed by atoms with Crippen molar-refractivity contribution in [3.05, 3.63) is 48.1 Å². The van der Waals surface area contributed by atoms with Crippen LogP contribution in [0.3, 0.4) is 0 Å². The van der Waals surface area contributed by atoms with Gasteiger partial charge in [-0.05, 0) is 40.6 Å². The number of benzene rings is 1. The summed E-state index contributed by atoms with van der Waals surface area (Å²) in [6, 6.07) is 11.8. The van der Waals surface area contributed by atoms with Crippen LogP contribution in [-0.2, 0) is 0 Å². The van der Waals surface area contributed by atoms with Crippen molar-refractivity contribution >= 4 is 27.1 Å². The average molecular weight is 307 g/mol. The molecule has 0 bridgehead atoms. The maximum Gasteiger partial charge on any atom is 0.0559 e. The number of pyridine rings is 1. The molecule has 4 heteroatoms. The largest absolute Gasteiger partial charge is 0.368 e. The lowest BCUT2D eigenvalue weighted by molar-refractivity contribution is 0.297. The van der Waals surface area contributed by atoms with E-state index in [0.717, 1.165) is 19.0 Å². The van der Waals surface area contributed by atoms with Gasteiger partial charge < -0.3 is 10.2 Å². The molecule has 0 saturated carbocycles. The first-order chi connectivity index (χ1) is 10.9. The Bertz CT molecular complexity index is 829. The predicted octanol–water partition coefficient (Wildman–Crippen LogP) is 3.37. The number of rotatable bonds is 2. The van der Waals surface area contributed by atoms with Crippen LogP contribution in [0.1, 0.15) is 0 Å². The number of hydrogen-bond acceptors (Lipinski definition) is 4. The molecule has 1 aromatic carbocycles. The summed E-state index contributed by atoms with van der Waals surface area (Å²) in [5.74, 6) is 0.825. The minimum atomic E-state index is 0.686. The first-order valence-electron chi connectivity index (χ1n) is 7.78. The summed E-state index contributed by atoms with van der Waals surface area (Å²) in [6.45, 7) is 3.44. The van der Waals surface area contributed by atoms with Crippen LogP contribution in [0, 0.1) is 5.92 Å².